The fourth-order valence-electron chi connectivity index (χ4n) is 2.10. The average Bonchev–Trinajstić information content (AvgIpc) is 2.56. The number of rotatable bonds is 7. The molecular formula is C19H24N2O2. The van der Waals surface area contributed by atoms with E-state index in [4.69, 9.17) is 10.5 Å². The van der Waals surface area contributed by atoms with E-state index >= 15 is 0 Å². The molecule has 122 valence electrons. The van der Waals surface area contributed by atoms with Crippen molar-refractivity contribution in [3.05, 3.63) is 54.1 Å². The second kappa shape index (κ2) is 8.34. The molecule has 1 unspecified atom stereocenters. The number of aryl methyl sites for hydroxylation is 1. The summed E-state index contributed by atoms with van der Waals surface area (Å²) in [6.45, 7) is 3.84. The number of carbonyl (C=O) groups excluding carboxylic acids is 1. The smallest absolute Gasteiger partial charge is 0.240 e. The van der Waals surface area contributed by atoms with Crippen LogP contribution in [0.2, 0.25) is 0 Å². The SMILES string of the molecule is CCCCc1ccc(Oc2ccc(NC(=O)C(C)N)cc2)cc1. The van der Waals surface area contributed by atoms with Crippen LogP contribution < -0.4 is 15.8 Å². The van der Waals surface area contributed by atoms with Gasteiger partial charge >= 0.3 is 0 Å². The molecule has 2 aromatic carbocycles. The van der Waals surface area contributed by atoms with E-state index in [-0.39, 0.29) is 5.91 Å². The topological polar surface area (TPSA) is 64.3 Å². The van der Waals surface area contributed by atoms with Crippen LogP contribution in [0.5, 0.6) is 11.5 Å². The molecule has 2 aromatic rings. The summed E-state index contributed by atoms with van der Waals surface area (Å²) in [5.74, 6) is 1.32. The number of benzene rings is 2. The molecule has 0 aromatic heterocycles. The lowest BCUT2D eigenvalue weighted by atomic mass is 10.1. The summed E-state index contributed by atoms with van der Waals surface area (Å²) in [5, 5.41) is 2.74. The summed E-state index contributed by atoms with van der Waals surface area (Å²) < 4.78 is 5.81. The lowest BCUT2D eigenvalue weighted by molar-refractivity contribution is -0.117. The third kappa shape index (κ3) is 5.42. The summed E-state index contributed by atoms with van der Waals surface area (Å²) in [4.78, 5) is 11.5. The highest BCUT2D eigenvalue weighted by Crippen LogP contribution is 2.23. The zero-order valence-corrected chi connectivity index (χ0v) is 13.7. The lowest BCUT2D eigenvalue weighted by Gasteiger charge is -2.10. The molecule has 0 fully saturated rings. The number of hydrogen-bond donors (Lipinski definition) is 2. The molecular weight excluding hydrogens is 288 g/mol. The van der Waals surface area contributed by atoms with Gasteiger partial charge < -0.3 is 15.8 Å². The Balaban J connectivity index is 1.94. The van der Waals surface area contributed by atoms with E-state index in [0.29, 0.717) is 5.69 Å². The van der Waals surface area contributed by atoms with Crippen molar-refractivity contribution in [2.45, 2.75) is 39.2 Å². The van der Waals surface area contributed by atoms with E-state index in [1.807, 2.05) is 24.3 Å². The molecule has 2 rings (SSSR count). The molecule has 3 N–H and O–H groups in total. The van der Waals surface area contributed by atoms with Crippen molar-refractivity contribution in [1.82, 2.24) is 0 Å². The van der Waals surface area contributed by atoms with Crippen molar-refractivity contribution in [2.24, 2.45) is 5.73 Å². The van der Waals surface area contributed by atoms with Gasteiger partial charge in [0.2, 0.25) is 5.91 Å². The molecule has 0 aliphatic carbocycles. The predicted octanol–water partition coefficient (Wildman–Crippen LogP) is 4.11. The molecule has 0 heterocycles. The number of anilines is 1. The zero-order chi connectivity index (χ0) is 16.7. The molecule has 0 saturated carbocycles. The molecule has 1 atom stereocenters. The minimum absolute atomic E-state index is 0.207. The molecule has 4 heteroatoms. The Hall–Kier alpha value is -2.33. The standard InChI is InChI=1S/C19H24N2O2/c1-3-4-5-15-6-10-17(11-7-15)23-18-12-8-16(9-13-18)21-19(22)14(2)20/h6-14H,3-5,20H2,1-2H3,(H,21,22). The average molecular weight is 312 g/mol. The van der Waals surface area contributed by atoms with Crippen molar-refractivity contribution in [3.8, 4) is 11.5 Å². The third-order valence-electron chi connectivity index (χ3n) is 3.51. The van der Waals surface area contributed by atoms with E-state index in [2.05, 4.69) is 24.4 Å². The van der Waals surface area contributed by atoms with Crippen LogP contribution in [0.4, 0.5) is 5.69 Å². The van der Waals surface area contributed by atoms with Crippen molar-refractivity contribution < 1.29 is 9.53 Å². The Morgan fingerprint density at radius 1 is 1.09 bits per heavy atom. The number of hydrogen-bond acceptors (Lipinski definition) is 3. The fourth-order valence-corrected chi connectivity index (χ4v) is 2.10. The van der Waals surface area contributed by atoms with Crippen LogP contribution in [-0.4, -0.2) is 11.9 Å². The first kappa shape index (κ1) is 17.0. The number of carbonyl (C=O) groups is 1. The number of amides is 1. The predicted molar refractivity (Wildman–Crippen MR) is 93.8 cm³/mol. The Bertz CT molecular complexity index is 619. The van der Waals surface area contributed by atoms with Crippen LogP contribution in [0.3, 0.4) is 0 Å². The van der Waals surface area contributed by atoms with Crippen LogP contribution in [0.25, 0.3) is 0 Å². The van der Waals surface area contributed by atoms with Crippen molar-refractivity contribution >= 4 is 11.6 Å². The summed E-state index contributed by atoms with van der Waals surface area (Å²) >= 11 is 0. The molecule has 0 spiro atoms. The van der Waals surface area contributed by atoms with Gasteiger partial charge in [0.05, 0.1) is 6.04 Å². The van der Waals surface area contributed by atoms with Gasteiger partial charge in [0.15, 0.2) is 0 Å². The van der Waals surface area contributed by atoms with Gasteiger partial charge in [0, 0.05) is 5.69 Å². The van der Waals surface area contributed by atoms with Gasteiger partial charge in [-0.3, -0.25) is 4.79 Å². The largest absolute Gasteiger partial charge is 0.457 e. The maximum Gasteiger partial charge on any atom is 0.240 e. The fraction of sp³-hybridized carbons (Fsp3) is 0.316. The van der Waals surface area contributed by atoms with Gasteiger partial charge in [0.25, 0.3) is 0 Å². The second-order valence-corrected chi connectivity index (χ2v) is 5.65. The van der Waals surface area contributed by atoms with Crippen LogP contribution in [0.1, 0.15) is 32.3 Å². The first-order valence-electron chi connectivity index (χ1n) is 8.02. The number of nitrogens with two attached hydrogens (primary N) is 1. The minimum atomic E-state index is -0.530. The highest BCUT2D eigenvalue weighted by molar-refractivity contribution is 5.94. The molecule has 4 nitrogen and oxygen atoms in total. The normalized spacial score (nSPS) is 11.8. The molecule has 0 bridgehead atoms. The summed E-state index contributed by atoms with van der Waals surface area (Å²) in [7, 11) is 0. The Morgan fingerprint density at radius 3 is 2.17 bits per heavy atom. The maximum absolute atomic E-state index is 11.5. The van der Waals surface area contributed by atoms with Gasteiger partial charge in [-0.1, -0.05) is 25.5 Å². The van der Waals surface area contributed by atoms with Crippen LogP contribution in [0.15, 0.2) is 48.5 Å². The van der Waals surface area contributed by atoms with Crippen molar-refractivity contribution in [3.63, 3.8) is 0 Å². The number of nitrogens with one attached hydrogen (secondary N) is 1. The quantitative estimate of drug-likeness (QED) is 0.808. The third-order valence-corrected chi connectivity index (χ3v) is 3.51. The first-order chi connectivity index (χ1) is 11.1. The molecule has 0 radical (unpaired) electrons. The molecule has 23 heavy (non-hydrogen) atoms. The summed E-state index contributed by atoms with van der Waals surface area (Å²) in [5.41, 5.74) is 7.55. The van der Waals surface area contributed by atoms with Crippen LogP contribution in [0, 0.1) is 0 Å². The molecule has 0 aliphatic rings. The van der Waals surface area contributed by atoms with Gasteiger partial charge in [-0.15, -0.1) is 0 Å². The van der Waals surface area contributed by atoms with E-state index in [1.165, 1.54) is 18.4 Å². The van der Waals surface area contributed by atoms with Crippen LogP contribution >= 0.6 is 0 Å². The minimum Gasteiger partial charge on any atom is -0.457 e. The molecule has 0 saturated heterocycles. The van der Waals surface area contributed by atoms with E-state index in [9.17, 15) is 4.79 Å². The highest BCUT2D eigenvalue weighted by Gasteiger charge is 2.07. The van der Waals surface area contributed by atoms with Gasteiger partial charge in [0.1, 0.15) is 11.5 Å². The summed E-state index contributed by atoms with van der Waals surface area (Å²) in [6, 6.07) is 14.9. The summed E-state index contributed by atoms with van der Waals surface area (Å²) in [6.07, 6.45) is 3.50. The van der Waals surface area contributed by atoms with E-state index < -0.39 is 6.04 Å². The van der Waals surface area contributed by atoms with Crippen molar-refractivity contribution in [2.75, 3.05) is 5.32 Å². The van der Waals surface area contributed by atoms with E-state index in [0.717, 1.165) is 17.9 Å². The second-order valence-electron chi connectivity index (χ2n) is 5.65. The lowest BCUT2D eigenvalue weighted by Crippen LogP contribution is -2.32. The highest BCUT2D eigenvalue weighted by atomic mass is 16.5. The zero-order valence-electron chi connectivity index (χ0n) is 13.7. The molecule has 0 aliphatic heterocycles. The van der Waals surface area contributed by atoms with E-state index in [1.54, 1.807) is 19.1 Å². The Kier molecular flexibility index (Phi) is 6.18. The Morgan fingerprint density at radius 2 is 1.65 bits per heavy atom. The van der Waals surface area contributed by atoms with Crippen molar-refractivity contribution in [1.29, 1.82) is 0 Å². The Labute approximate surface area is 137 Å². The van der Waals surface area contributed by atoms with Gasteiger partial charge in [-0.2, -0.15) is 0 Å². The first-order valence-corrected chi connectivity index (χ1v) is 8.02. The monoisotopic (exact) mass is 312 g/mol. The van der Waals surface area contributed by atoms with Gasteiger partial charge in [-0.05, 0) is 61.7 Å². The molecule has 1 amide bonds. The number of ether oxygens (including phenoxy) is 1. The van der Waals surface area contributed by atoms with Crippen LogP contribution in [-0.2, 0) is 11.2 Å². The number of unbranched alkanes of at least 4 members (excludes halogenated alkanes) is 1. The van der Waals surface area contributed by atoms with Gasteiger partial charge in [-0.25, -0.2) is 0 Å². The maximum atomic E-state index is 11.5.